The van der Waals surface area contributed by atoms with Crippen LogP contribution < -0.4 is 5.32 Å². The molecule has 1 heterocycles. The number of halogens is 2. The van der Waals surface area contributed by atoms with Crippen LogP contribution in [0.1, 0.15) is 41.3 Å². The summed E-state index contributed by atoms with van der Waals surface area (Å²) in [5.74, 6) is -4.48. The van der Waals surface area contributed by atoms with Crippen LogP contribution in [-0.4, -0.2) is 48.4 Å². The van der Waals surface area contributed by atoms with E-state index in [1.54, 1.807) is 18.2 Å². The van der Waals surface area contributed by atoms with E-state index in [9.17, 15) is 23.2 Å². The first-order valence-corrected chi connectivity index (χ1v) is 10.5. The van der Waals surface area contributed by atoms with E-state index in [1.807, 2.05) is 6.92 Å². The average molecular weight is 440 g/mol. The highest BCUT2D eigenvalue weighted by atomic mass is 19.3. The van der Waals surface area contributed by atoms with E-state index in [1.165, 1.54) is 36.3 Å². The molecule has 32 heavy (non-hydrogen) atoms. The van der Waals surface area contributed by atoms with E-state index >= 15 is 0 Å². The van der Waals surface area contributed by atoms with Gasteiger partial charge in [0.2, 0.25) is 5.91 Å². The van der Waals surface area contributed by atoms with Crippen LogP contribution in [0.4, 0.5) is 8.78 Å². The fourth-order valence-electron chi connectivity index (χ4n) is 5.14. The van der Waals surface area contributed by atoms with E-state index in [4.69, 9.17) is 4.74 Å². The number of alkyl halides is 2. The van der Waals surface area contributed by atoms with Gasteiger partial charge in [-0.05, 0) is 41.5 Å². The Bertz CT molecular complexity index is 1160. The Morgan fingerprint density at radius 3 is 2.56 bits per heavy atom. The average Bonchev–Trinajstić information content (AvgIpc) is 3.27. The molecule has 0 spiro atoms. The molecule has 5 rings (SSSR count). The highest BCUT2D eigenvalue weighted by molar-refractivity contribution is 5.99. The number of likely N-dealkylation sites (tertiary alicyclic amines) is 1. The van der Waals surface area contributed by atoms with Crippen molar-refractivity contribution < 1.29 is 27.9 Å². The lowest BCUT2D eigenvalue weighted by atomic mass is 10.0. The maximum atomic E-state index is 14.7. The number of nitrogens with one attached hydrogen (secondary N) is 1. The molecule has 8 heteroatoms. The largest absolute Gasteiger partial charge is 0.467 e. The summed E-state index contributed by atoms with van der Waals surface area (Å²) in [7, 11) is 1.29. The number of ether oxygens (including phenoxy) is 1. The van der Waals surface area contributed by atoms with Crippen LogP contribution in [0.15, 0.2) is 42.5 Å². The quantitative estimate of drug-likeness (QED) is 0.742. The van der Waals surface area contributed by atoms with Gasteiger partial charge in [0.05, 0.1) is 13.7 Å². The van der Waals surface area contributed by atoms with Crippen molar-refractivity contribution in [3.05, 3.63) is 59.2 Å². The van der Waals surface area contributed by atoms with Crippen molar-refractivity contribution in [1.82, 2.24) is 10.2 Å². The minimum absolute atomic E-state index is 0.0327. The van der Waals surface area contributed by atoms with Gasteiger partial charge in [-0.2, -0.15) is 8.78 Å². The lowest BCUT2D eigenvalue weighted by Crippen LogP contribution is -2.47. The molecule has 1 saturated carbocycles. The molecule has 0 radical (unpaired) electrons. The normalized spacial score (nSPS) is 26.1. The molecule has 166 valence electrons. The summed E-state index contributed by atoms with van der Waals surface area (Å²) in [6.07, 6.45) is 1.36. The predicted octanol–water partition coefficient (Wildman–Crippen LogP) is 3.09. The maximum absolute atomic E-state index is 14.7. The molecule has 3 atom stereocenters. The molecule has 2 aromatic carbocycles. The third-order valence-electron chi connectivity index (χ3n) is 6.97. The summed E-state index contributed by atoms with van der Waals surface area (Å²) in [4.78, 5) is 39.1. The van der Waals surface area contributed by atoms with Gasteiger partial charge in [0.1, 0.15) is 6.04 Å². The Balaban J connectivity index is 1.32. The highest BCUT2D eigenvalue weighted by Gasteiger charge is 2.64. The minimum Gasteiger partial charge on any atom is -0.467 e. The number of hydrogen-bond donors (Lipinski definition) is 1. The van der Waals surface area contributed by atoms with Crippen LogP contribution >= 0.6 is 0 Å². The first-order valence-electron chi connectivity index (χ1n) is 10.5. The molecular formula is C24H22F2N2O4. The minimum atomic E-state index is -3.12. The van der Waals surface area contributed by atoms with Crippen molar-refractivity contribution in [3.8, 4) is 11.1 Å². The van der Waals surface area contributed by atoms with Gasteiger partial charge in [-0.25, -0.2) is 4.79 Å². The fourth-order valence-corrected chi connectivity index (χ4v) is 5.14. The molecule has 1 aliphatic heterocycles. The van der Waals surface area contributed by atoms with Crippen LogP contribution in [0, 0.1) is 5.41 Å². The van der Waals surface area contributed by atoms with Crippen molar-refractivity contribution in [2.45, 2.75) is 37.8 Å². The highest BCUT2D eigenvalue weighted by Crippen LogP contribution is 2.59. The zero-order chi connectivity index (χ0) is 22.8. The third kappa shape index (κ3) is 2.92. The zero-order valence-corrected chi connectivity index (χ0v) is 17.7. The Labute approximate surface area is 183 Å². The lowest BCUT2D eigenvalue weighted by molar-refractivity contribution is -0.151. The van der Waals surface area contributed by atoms with Crippen LogP contribution in [0.3, 0.4) is 0 Å². The second-order valence-electron chi connectivity index (χ2n) is 8.98. The number of fused-ring (bicyclic) bond motifs is 4. The van der Waals surface area contributed by atoms with E-state index in [0.29, 0.717) is 17.5 Å². The van der Waals surface area contributed by atoms with Crippen LogP contribution in [0.25, 0.3) is 11.1 Å². The van der Waals surface area contributed by atoms with E-state index in [0.717, 1.165) is 6.42 Å². The Morgan fingerprint density at radius 2 is 1.81 bits per heavy atom. The van der Waals surface area contributed by atoms with Crippen molar-refractivity contribution >= 4 is 17.8 Å². The number of carbonyl (C=O) groups excluding carboxylic acids is 3. The van der Waals surface area contributed by atoms with Gasteiger partial charge in [0.15, 0.2) is 0 Å². The van der Waals surface area contributed by atoms with E-state index in [-0.39, 0.29) is 40.6 Å². The summed E-state index contributed by atoms with van der Waals surface area (Å²) in [5, 5.41) is 2.57. The molecule has 1 unspecified atom stereocenters. The van der Waals surface area contributed by atoms with Gasteiger partial charge >= 0.3 is 5.97 Å². The second-order valence-corrected chi connectivity index (χ2v) is 8.98. The van der Waals surface area contributed by atoms with Crippen molar-refractivity contribution in [2.24, 2.45) is 5.41 Å². The molecule has 6 nitrogen and oxygen atoms in total. The molecule has 0 aromatic heterocycles. The number of rotatable bonds is 4. The zero-order valence-electron chi connectivity index (χ0n) is 17.7. The second kappa shape index (κ2) is 6.85. The smallest absolute Gasteiger partial charge is 0.328 e. The summed E-state index contributed by atoms with van der Waals surface area (Å²) in [6, 6.07) is 9.57. The lowest BCUT2D eigenvalue weighted by Gasteiger charge is -2.25. The van der Waals surface area contributed by atoms with Gasteiger partial charge in [-0.15, -0.1) is 0 Å². The van der Waals surface area contributed by atoms with Crippen molar-refractivity contribution in [1.29, 1.82) is 0 Å². The van der Waals surface area contributed by atoms with Gasteiger partial charge in [-0.3, -0.25) is 9.59 Å². The molecule has 2 fully saturated rings. The number of esters is 1. The van der Waals surface area contributed by atoms with Gasteiger partial charge in [0.25, 0.3) is 11.8 Å². The molecule has 2 amide bonds. The first-order chi connectivity index (χ1) is 15.2. The van der Waals surface area contributed by atoms with Gasteiger partial charge < -0.3 is 15.0 Å². The number of piperidine rings is 1. The number of nitrogens with zero attached hydrogens (tertiary/aromatic N) is 1. The molecule has 1 saturated heterocycles. The number of carbonyl (C=O) groups is 3. The van der Waals surface area contributed by atoms with Crippen LogP contribution in [0.5, 0.6) is 0 Å². The molecule has 3 aliphatic rings. The SMILES string of the molecule is COC(=O)[C@@H]1C[C@@]2(C)CC2N1C(=O)CNC(=O)c1ccc2c(c1)-c1ccccc1C2(F)F. The standard InChI is InChI=1S/C24H22F2N2O4/c1-23-10-18(22(31)32-2)28(19(23)11-23)20(29)12-27-21(30)13-7-8-17-15(9-13)14-5-3-4-6-16(14)24(17,25)26/h3-9,18-19H,10-12H2,1-2H3,(H,27,30)/t18-,19?,23-/m0/s1. The predicted molar refractivity (Wildman–Crippen MR) is 111 cm³/mol. The van der Waals surface area contributed by atoms with Crippen LogP contribution in [0.2, 0.25) is 0 Å². The van der Waals surface area contributed by atoms with E-state index in [2.05, 4.69) is 5.32 Å². The van der Waals surface area contributed by atoms with Crippen LogP contribution in [-0.2, 0) is 20.2 Å². The monoisotopic (exact) mass is 440 g/mol. The summed E-state index contributed by atoms with van der Waals surface area (Å²) < 4.78 is 34.2. The molecule has 2 aromatic rings. The topological polar surface area (TPSA) is 75.7 Å². The summed E-state index contributed by atoms with van der Waals surface area (Å²) in [6.45, 7) is 1.74. The van der Waals surface area contributed by atoms with Crippen molar-refractivity contribution in [3.63, 3.8) is 0 Å². The maximum Gasteiger partial charge on any atom is 0.328 e. The number of benzene rings is 2. The van der Waals surface area contributed by atoms with Gasteiger partial charge in [0, 0.05) is 22.7 Å². The van der Waals surface area contributed by atoms with Gasteiger partial charge in [-0.1, -0.05) is 37.3 Å². The van der Waals surface area contributed by atoms with E-state index < -0.39 is 23.8 Å². The third-order valence-corrected chi connectivity index (χ3v) is 6.97. The summed E-state index contributed by atoms with van der Waals surface area (Å²) >= 11 is 0. The molecule has 1 N–H and O–H groups in total. The molecule has 2 aliphatic carbocycles. The molecular weight excluding hydrogens is 418 g/mol. The Morgan fingerprint density at radius 1 is 1.09 bits per heavy atom. The number of amides is 2. The fraction of sp³-hybridized carbons (Fsp3) is 0.375. The molecule has 0 bridgehead atoms. The summed E-state index contributed by atoms with van der Waals surface area (Å²) in [5.41, 5.74) is 0.575. The van der Waals surface area contributed by atoms with Crippen molar-refractivity contribution in [2.75, 3.05) is 13.7 Å². The first kappa shape index (κ1) is 20.6. The number of hydrogen-bond acceptors (Lipinski definition) is 4. The Hall–Kier alpha value is -3.29. The Kier molecular flexibility index (Phi) is 4.41. The number of methoxy groups -OCH3 is 1.